The largest absolute Gasteiger partial charge is 0.416 e. The highest BCUT2D eigenvalue weighted by molar-refractivity contribution is 5.79. The van der Waals surface area contributed by atoms with E-state index in [0.29, 0.717) is 32.0 Å². The van der Waals surface area contributed by atoms with Crippen molar-refractivity contribution in [3.63, 3.8) is 0 Å². The number of halogens is 3. The number of rotatable bonds is 5. The molecule has 1 heterocycles. The number of carbonyl (C=O) groups is 1. The van der Waals surface area contributed by atoms with Crippen LogP contribution in [-0.2, 0) is 11.0 Å². The lowest BCUT2D eigenvalue weighted by molar-refractivity contribution is -0.384. The molecule has 1 aromatic rings. The van der Waals surface area contributed by atoms with Gasteiger partial charge in [-0.05, 0) is 31.9 Å². The van der Waals surface area contributed by atoms with E-state index in [1.54, 1.807) is 11.8 Å². The zero-order valence-electron chi connectivity index (χ0n) is 14.6. The normalized spacial score (nSPS) is 16.5. The number of anilines is 1. The predicted octanol–water partition coefficient (Wildman–Crippen LogP) is 3.25. The van der Waals surface area contributed by atoms with Crippen LogP contribution in [0.25, 0.3) is 0 Å². The molecule has 1 amide bonds. The summed E-state index contributed by atoms with van der Waals surface area (Å²) in [5, 5.41) is 22.6. The molecular weight excluding hydrogens is 365 g/mol. The molecule has 10 heteroatoms. The molecule has 0 bridgehead atoms. The van der Waals surface area contributed by atoms with Crippen molar-refractivity contribution < 1.29 is 22.9 Å². The highest BCUT2D eigenvalue weighted by atomic mass is 19.4. The van der Waals surface area contributed by atoms with Gasteiger partial charge in [0.2, 0.25) is 5.91 Å². The van der Waals surface area contributed by atoms with Gasteiger partial charge in [0.1, 0.15) is 5.69 Å². The summed E-state index contributed by atoms with van der Waals surface area (Å²) in [4.78, 5) is 24.2. The van der Waals surface area contributed by atoms with Crippen LogP contribution in [0.5, 0.6) is 0 Å². The van der Waals surface area contributed by atoms with Crippen molar-refractivity contribution in [1.82, 2.24) is 5.32 Å². The number of benzene rings is 1. The Balaban J connectivity index is 2.08. The van der Waals surface area contributed by atoms with E-state index < -0.39 is 22.4 Å². The lowest BCUT2D eigenvalue weighted by Crippen LogP contribution is -2.43. The minimum Gasteiger partial charge on any atom is -0.366 e. The number of nitriles is 1. The van der Waals surface area contributed by atoms with Gasteiger partial charge in [-0.1, -0.05) is 0 Å². The molecule has 0 aliphatic carbocycles. The fourth-order valence-corrected chi connectivity index (χ4v) is 3.04. The molecule has 1 saturated heterocycles. The van der Waals surface area contributed by atoms with Gasteiger partial charge in [0.25, 0.3) is 5.69 Å². The molecule has 0 saturated carbocycles. The number of carbonyl (C=O) groups excluding carboxylic acids is 1. The molecule has 1 atom stereocenters. The Kier molecular flexibility index (Phi) is 6.25. The first-order valence-corrected chi connectivity index (χ1v) is 8.41. The number of piperidine rings is 1. The second kappa shape index (κ2) is 8.24. The van der Waals surface area contributed by atoms with Crippen molar-refractivity contribution >= 4 is 17.3 Å². The van der Waals surface area contributed by atoms with Gasteiger partial charge in [0.15, 0.2) is 0 Å². The smallest absolute Gasteiger partial charge is 0.366 e. The van der Waals surface area contributed by atoms with E-state index in [2.05, 4.69) is 5.32 Å². The maximum atomic E-state index is 12.8. The summed E-state index contributed by atoms with van der Waals surface area (Å²) in [5.41, 5.74) is -1.56. The molecule has 2 rings (SSSR count). The van der Waals surface area contributed by atoms with Crippen molar-refractivity contribution in [2.45, 2.75) is 38.4 Å². The number of hydrogen-bond acceptors (Lipinski definition) is 5. The molecule has 27 heavy (non-hydrogen) atoms. The van der Waals surface area contributed by atoms with Crippen LogP contribution in [0.3, 0.4) is 0 Å². The van der Waals surface area contributed by atoms with Crippen molar-refractivity contribution in [2.75, 3.05) is 18.0 Å². The summed E-state index contributed by atoms with van der Waals surface area (Å²) < 4.78 is 38.4. The van der Waals surface area contributed by atoms with Crippen molar-refractivity contribution in [3.05, 3.63) is 33.9 Å². The molecule has 0 radical (unpaired) electrons. The van der Waals surface area contributed by atoms with Crippen LogP contribution >= 0.6 is 0 Å². The van der Waals surface area contributed by atoms with E-state index in [0.717, 1.165) is 12.1 Å². The van der Waals surface area contributed by atoms with Crippen molar-refractivity contribution in [1.29, 1.82) is 5.26 Å². The van der Waals surface area contributed by atoms with Crippen LogP contribution in [0.15, 0.2) is 18.2 Å². The average Bonchev–Trinajstić information content (AvgIpc) is 2.60. The number of nitro benzene ring substituents is 1. The quantitative estimate of drug-likeness (QED) is 0.621. The average molecular weight is 384 g/mol. The molecule has 0 aromatic heterocycles. The minimum absolute atomic E-state index is 0.115. The second-order valence-electron chi connectivity index (χ2n) is 6.49. The Bertz CT molecular complexity index is 753. The summed E-state index contributed by atoms with van der Waals surface area (Å²) in [7, 11) is 0. The molecule has 1 unspecified atom stereocenters. The molecule has 0 spiro atoms. The number of nitrogens with one attached hydrogen (secondary N) is 1. The number of hydrogen-bond donors (Lipinski definition) is 1. The maximum absolute atomic E-state index is 12.8. The van der Waals surface area contributed by atoms with E-state index in [4.69, 9.17) is 5.26 Å². The third-order valence-electron chi connectivity index (χ3n) is 4.49. The number of amides is 1. The SMILES string of the molecule is CC(CC#N)NC(=O)C1CCN(c2ccc(C(F)(F)F)cc2[N+](=O)[O-])CC1. The summed E-state index contributed by atoms with van der Waals surface area (Å²) >= 11 is 0. The summed E-state index contributed by atoms with van der Waals surface area (Å²) in [6.45, 7) is 2.36. The van der Waals surface area contributed by atoms with Gasteiger partial charge < -0.3 is 10.2 Å². The molecule has 1 fully saturated rings. The Labute approximate surface area is 153 Å². The molecule has 1 aliphatic rings. The molecule has 7 nitrogen and oxygen atoms in total. The first-order valence-electron chi connectivity index (χ1n) is 8.41. The Morgan fingerprint density at radius 2 is 2.07 bits per heavy atom. The molecular formula is C17H19F3N4O3. The number of nitro groups is 1. The Morgan fingerprint density at radius 3 is 2.59 bits per heavy atom. The van der Waals surface area contributed by atoms with Gasteiger partial charge in [-0.15, -0.1) is 0 Å². The van der Waals surface area contributed by atoms with Gasteiger partial charge >= 0.3 is 6.18 Å². The van der Waals surface area contributed by atoms with Gasteiger partial charge in [0.05, 0.1) is 23.0 Å². The highest BCUT2D eigenvalue weighted by Gasteiger charge is 2.35. The Morgan fingerprint density at radius 1 is 1.44 bits per heavy atom. The third kappa shape index (κ3) is 5.09. The lowest BCUT2D eigenvalue weighted by atomic mass is 9.94. The van der Waals surface area contributed by atoms with E-state index in [-0.39, 0.29) is 30.0 Å². The first kappa shape index (κ1) is 20.5. The lowest BCUT2D eigenvalue weighted by Gasteiger charge is -2.33. The molecule has 146 valence electrons. The molecule has 1 aromatic carbocycles. The minimum atomic E-state index is -4.66. The van der Waals surface area contributed by atoms with Crippen LogP contribution in [0, 0.1) is 27.4 Å². The Hall–Kier alpha value is -2.83. The van der Waals surface area contributed by atoms with E-state index in [9.17, 15) is 28.1 Å². The summed E-state index contributed by atoms with van der Waals surface area (Å²) in [6, 6.07) is 4.17. The first-order chi connectivity index (χ1) is 12.6. The summed E-state index contributed by atoms with van der Waals surface area (Å²) in [5.74, 6) is -0.477. The van der Waals surface area contributed by atoms with Crippen LogP contribution in [0.4, 0.5) is 24.5 Å². The standard InChI is InChI=1S/C17H19F3N4O3/c1-11(4-7-21)22-16(25)12-5-8-23(9-6-12)14-3-2-13(17(18,19)20)10-15(14)24(26)27/h2-3,10-12H,4-6,8-9H2,1H3,(H,22,25). The van der Waals surface area contributed by atoms with Crippen LogP contribution in [-0.4, -0.2) is 30.0 Å². The van der Waals surface area contributed by atoms with Gasteiger partial charge in [0, 0.05) is 31.1 Å². The zero-order valence-corrected chi connectivity index (χ0v) is 14.6. The fraction of sp³-hybridized carbons (Fsp3) is 0.529. The van der Waals surface area contributed by atoms with E-state index in [1.165, 1.54) is 0 Å². The predicted molar refractivity (Wildman–Crippen MR) is 90.9 cm³/mol. The van der Waals surface area contributed by atoms with Gasteiger partial charge in [-0.3, -0.25) is 14.9 Å². The number of alkyl halides is 3. The van der Waals surface area contributed by atoms with Gasteiger partial charge in [-0.2, -0.15) is 18.4 Å². The third-order valence-corrected chi connectivity index (χ3v) is 4.49. The monoisotopic (exact) mass is 384 g/mol. The molecule has 1 aliphatic heterocycles. The van der Waals surface area contributed by atoms with E-state index in [1.807, 2.05) is 6.07 Å². The zero-order chi connectivity index (χ0) is 20.2. The second-order valence-corrected chi connectivity index (χ2v) is 6.49. The number of nitrogens with zero attached hydrogens (tertiary/aromatic N) is 3. The van der Waals surface area contributed by atoms with E-state index >= 15 is 0 Å². The van der Waals surface area contributed by atoms with Gasteiger partial charge in [-0.25, -0.2) is 0 Å². The maximum Gasteiger partial charge on any atom is 0.416 e. The summed E-state index contributed by atoms with van der Waals surface area (Å²) in [6.07, 6.45) is -3.62. The fourth-order valence-electron chi connectivity index (χ4n) is 3.04. The highest BCUT2D eigenvalue weighted by Crippen LogP contribution is 2.37. The van der Waals surface area contributed by atoms with Crippen LogP contribution < -0.4 is 10.2 Å². The topological polar surface area (TPSA) is 99.3 Å². The van der Waals surface area contributed by atoms with Crippen molar-refractivity contribution in [3.8, 4) is 6.07 Å². The molecule has 1 N–H and O–H groups in total. The van der Waals surface area contributed by atoms with Crippen LogP contribution in [0.1, 0.15) is 31.7 Å². The van der Waals surface area contributed by atoms with Crippen molar-refractivity contribution in [2.24, 2.45) is 5.92 Å². The van der Waals surface area contributed by atoms with Crippen LogP contribution in [0.2, 0.25) is 0 Å².